The molecule has 4 aromatic rings. The van der Waals surface area contributed by atoms with Crippen LogP contribution < -0.4 is 0 Å². The topological polar surface area (TPSA) is 43.1 Å². The highest BCUT2D eigenvalue weighted by molar-refractivity contribution is 9.10. The fourth-order valence-corrected chi connectivity index (χ4v) is 3.29. The third-order valence-electron chi connectivity index (χ3n) is 3.90. The summed E-state index contributed by atoms with van der Waals surface area (Å²) in [5, 5.41) is 4.35. The SMILES string of the molecule is Cc1c(-c2ccc(Br)cc2)nc2ncnn2c1-c1ccc(Br)cc1. The zero-order valence-corrected chi connectivity index (χ0v) is 15.9. The van der Waals surface area contributed by atoms with Crippen molar-refractivity contribution in [2.24, 2.45) is 0 Å². The van der Waals surface area contributed by atoms with Crippen molar-refractivity contribution in [2.45, 2.75) is 6.92 Å². The first-order chi connectivity index (χ1) is 11.6. The van der Waals surface area contributed by atoms with Gasteiger partial charge in [-0.1, -0.05) is 56.1 Å². The number of hydrogen-bond donors (Lipinski definition) is 0. The highest BCUT2D eigenvalue weighted by Gasteiger charge is 2.16. The maximum atomic E-state index is 4.70. The Bertz CT molecular complexity index is 1020. The molecule has 4 rings (SSSR count). The van der Waals surface area contributed by atoms with Gasteiger partial charge in [0.25, 0.3) is 5.78 Å². The third kappa shape index (κ3) is 2.65. The molecule has 0 fully saturated rings. The molecule has 0 spiro atoms. The standard InChI is InChI=1S/C18H12Br2N4/c1-11-16(12-2-6-14(19)7-3-12)23-18-21-10-22-24(18)17(11)13-4-8-15(20)9-5-13/h2-10H,1H3. The van der Waals surface area contributed by atoms with E-state index in [1.54, 1.807) is 4.52 Å². The molecule has 0 aliphatic carbocycles. The first kappa shape index (κ1) is 15.5. The number of benzene rings is 2. The van der Waals surface area contributed by atoms with Crippen molar-refractivity contribution in [1.82, 2.24) is 19.6 Å². The molecule has 0 radical (unpaired) electrons. The van der Waals surface area contributed by atoms with Crippen molar-refractivity contribution < 1.29 is 0 Å². The van der Waals surface area contributed by atoms with E-state index in [0.29, 0.717) is 5.78 Å². The van der Waals surface area contributed by atoms with Gasteiger partial charge in [-0.2, -0.15) is 14.6 Å². The summed E-state index contributed by atoms with van der Waals surface area (Å²) in [7, 11) is 0. The molecular weight excluding hydrogens is 432 g/mol. The highest BCUT2D eigenvalue weighted by atomic mass is 79.9. The second-order valence-corrected chi connectivity index (χ2v) is 7.25. The lowest BCUT2D eigenvalue weighted by molar-refractivity contribution is 0.939. The lowest BCUT2D eigenvalue weighted by Crippen LogP contribution is -2.03. The molecular formula is C18H12Br2N4. The predicted molar refractivity (Wildman–Crippen MR) is 102 cm³/mol. The summed E-state index contributed by atoms with van der Waals surface area (Å²) in [6.07, 6.45) is 1.54. The van der Waals surface area contributed by atoms with Crippen LogP contribution in [0.15, 0.2) is 63.8 Å². The van der Waals surface area contributed by atoms with Crippen LogP contribution in [-0.4, -0.2) is 19.6 Å². The summed E-state index contributed by atoms with van der Waals surface area (Å²) in [4.78, 5) is 8.99. The summed E-state index contributed by atoms with van der Waals surface area (Å²) in [6.45, 7) is 2.07. The van der Waals surface area contributed by atoms with Gasteiger partial charge in [0.2, 0.25) is 0 Å². The van der Waals surface area contributed by atoms with E-state index in [0.717, 1.165) is 37.0 Å². The van der Waals surface area contributed by atoms with Crippen LogP contribution in [0, 0.1) is 6.92 Å². The van der Waals surface area contributed by atoms with Crippen molar-refractivity contribution in [3.05, 3.63) is 69.4 Å². The van der Waals surface area contributed by atoms with E-state index >= 15 is 0 Å². The Morgan fingerprint density at radius 1 is 0.833 bits per heavy atom. The van der Waals surface area contributed by atoms with E-state index in [1.807, 2.05) is 24.3 Å². The molecule has 24 heavy (non-hydrogen) atoms. The number of halogens is 2. The van der Waals surface area contributed by atoms with E-state index in [1.165, 1.54) is 6.33 Å². The molecule has 2 heterocycles. The Labute approximate surface area is 155 Å². The molecule has 4 nitrogen and oxygen atoms in total. The van der Waals surface area contributed by atoms with Gasteiger partial charge in [0, 0.05) is 25.6 Å². The van der Waals surface area contributed by atoms with Gasteiger partial charge in [-0.15, -0.1) is 0 Å². The van der Waals surface area contributed by atoms with Crippen LogP contribution in [-0.2, 0) is 0 Å². The molecule has 0 bridgehead atoms. The van der Waals surface area contributed by atoms with E-state index in [9.17, 15) is 0 Å². The Balaban J connectivity index is 2.01. The van der Waals surface area contributed by atoms with Crippen LogP contribution in [0.4, 0.5) is 0 Å². The fourth-order valence-electron chi connectivity index (χ4n) is 2.76. The minimum atomic E-state index is 0.594. The number of rotatable bonds is 2. The summed E-state index contributed by atoms with van der Waals surface area (Å²) >= 11 is 6.96. The van der Waals surface area contributed by atoms with Crippen LogP contribution in [0.3, 0.4) is 0 Å². The lowest BCUT2D eigenvalue weighted by atomic mass is 10.0. The van der Waals surface area contributed by atoms with E-state index in [-0.39, 0.29) is 0 Å². The average molecular weight is 444 g/mol. The highest BCUT2D eigenvalue weighted by Crippen LogP contribution is 2.31. The monoisotopic (exact) mass is 442 g/mol. The smallest absolute Gasteiger partial charge is 0.211 e. The van der Waals surface area contributed by atoms with Gasteiger partial charge >= 0.3 is 0 Å². The summed E-state index contributed by atoms with van der Waals surface area (Å²) in [5.74, 6) is 0.594. The lowest BCUT2D eigenvalue weighted by Gasteiger charge is -2.13. The predicted octanol–water partition coefficient (Wildman–Crippen LogP) is 5.29. The minimum absolute atomic E-state index is 0.594. The third-order valence-corrected chi connectivity index (χ3v) is 4.96. The van der Waals surface area contributed by atoms with Crippen molar-refractivity contribution in [1.29, 1.82) is 0 Å². The van der Waals surface area contributed by atoms with Crippen LogP contribution in [0.25, 0.3) is 28.3 Å². The summed E-state index contributed by atoms with van der Waals surface area (Å²) in [6, 6.07) is 16.3. The molecule has 2 aromatic carbocycles. The zero-order chi connectivity index (χ0) is 16.7. The second-order valence-electron chi connectivity index (χ2n) is 5.42. The molecule has 0 aliphatic rings. The first-order valence-corrected chi connectivity index (χ1v) is 8.94. The molecule has 0 N–H and O–H groups in total. The van der Waals surface area contributed by atoms with Crippen LogP contribution in [0.1, 0.15) is 5.56 Å². The number of fused-ring (bicyclic) bond motifs is 1. The molecule has 0 amide bonds. The normalized spacial score (nSPS) is 11.1. The van der Waals surface area contributed by atoms with Gasteiger partial charge in [-0.05, 0) is 31.2 Å². The van der Waals surface area contributed by atoms with E-state index in [2.05, 4.69) is 73.1 Å². The minimum Gasteiger partial charge on any atom is -0.211 e. The van der Waals surface area contributed by atoms with Crippen LogP contribution >= 0.6 is 31.9 Å². The molecule has 6 heteroatoms. The summed E-state index contributed by atoms with van der Waals surface area (Å²) < 4.78 is 3.88. The quantitative estimate of drug-likeness (QED) is 0.422. The zero-order valence-electron chi connectivity index (χ0n) is 12.7. The number of aromatic nitrogens is 4. The van der Waals surface area contributed by atoms with Crippen LogP contribution in [0.2, 0.25) is 0 Å². The Morgan fingerprint density at radius 3 is 2.04 bits per heavy atom. The molecule has 0 atom stereocenters. The average Bonchev–Trinajstić information content (AvgIpc) is 3.04. The Kier molecular flexibility index (Phi) is 3.94. The van der Waals surface area contributed by atoms with Gasteiger partial charge < -0.3 is 0 Å². The number of nitrogens with zero attached hydrogens (tertiary/aromatic N) is 4. The van der Waals surface area contributed by atoms with E-state index < -0.39 is 0 Å². The molecule has 2 aromatic heterocycles. The Hall–Kier alpha value is -2.05. The van der Waals surface area contributed by atoms with Gasteiger partial charge in [-0.25, -0.2) is 4.98 Å². The molecule has 0 unspecified atom stereocenters. The van der Waals surface area contributed by atoms with Crippen molar-refractivity contribution in [2.75, 3.05) is 0 Å². The maximum absolute atomic E-state index is 4.70. The number of hydrogen-bond acceptors (Lipinski definition) is 3. The largest absolute Gasteiger partial charge is 0.253 e. The Morgan fingerprint density at radius 2 is 1.42 bits per heavy atom. The van der Waals surface area contributed by atoms with Crippen molar-refractivity contribution >= 4 is 37.6 Å². The molecule has 0 aliphatic heterocycles. The van der Waals surface area contributed by atoms with Gasteiger partial charge in [0.05, 0.1) is 11.4 Å². The first-order valence-electron chi connectivity index (χ1n) is 7.36. The molecule has 0 saturated carbocycles. The van der Waals surface area contributed by atoms with Gasteiger partial charge in [-0.3, -0.25) is 0 Å². The molecule has 118 valence electrons. The van der Waals surface area contributed by atoms with Crippen molar-refractivity contribution in [3.8, 4) is 22.5 Å². The molecule has 0 saturated heterocycles. The maximum Gasteiger partial charge on any atom is 0.253 e. The van der Waals surface area contributed by atoms with E-state index in [4.69, 9.17) is 4.98 Å². The second kappa shape index (κ2) is 6.11. The fraction of sp³-hybridized carbons (Fsp3) is 0.0556. The van der Waals surface area contributed by atoms with Gasteiger partial charge in [0.1, 0.15) is 6.33 Å². The van der Waals surface area contributed by atoms with Crippen LogP contribution in [0.5, 0.6) is 0 Å². The summed E-state index contributed by atoms with van der Waals surface area (Å²) in [5.41, 5.74) is 5.12. The van der Waals surface area contributed by atoms with Crippen molar-refractivity contribution in [3.63, 3.8) is 0 Å². The van der Waals surface area contributed by atoms with Gasteiger partial charge in [0.15, 0.2) is 0 Å².